The molecule has 0 bridgehead atoms. The lowest BCUT2D eigenvalue weighted by Gasteiger charge is -2.10. The number of aromatic nitrogens is 1. The van der Waals surface area contributed by atoms with Gasteiger partial charge in [-0.1, -0.05) is 23.7 Å². The fourth-order valence-corrected chi connectivity index (χ4v) is 5.15. The van der Waals surface area contributed by atoms with Gasteiger partial charge in [-0.2, -0.15) is 0 Å². The number of sulfone groups is 1. The molecule has 1 amide bonds. The lowest BCUT2D eigenvalue weighted by atomic mass is 10.2. The highest BCUT2D eigenvalue weighted by molar-refractivity contribution is 7.91. The molecule has 3 rings (SSSR count). The molecule has 0 radical (unpaired) electrons. The number of carbonyl (C=O) groups is 2. The highest BCUT2D eigenvalue weighted by atomic mass is 35.5. The summed E-state index contributed by atoms with van der Waals surface area (Å²) < 4.78 is 27.7. The number of carbonyl (C=O) groups excluding carboxylic acids is 2. The second kappa shape index (κ2) is 7.73. The molecule has 10 heteroatoms. The summed E-state index contributed by atoms with van der Waals surface area (Å²) in [5.41, 5.74) is 0.878. The Hall–Kier alpha value is -1.97. The van der Waals surface area contributed by atoms with E-state index in [-0.39, 0.29) is 17.2 Å². The minimum absolute atomic E-state index is 0.0584. The molecule has 1 saturated heterocycles. The van der Waals surface area contributed by atoms with Gasteiger partial charge in [0.25, 0.3) is 5.91 Å². The largest absolute Gasteiger partial charge is 0.451 e. The van der Waals surface area contributed by atoms with Crippen molar-refractivity contribution in [3.8, 4) is 10.6 Å². The van der Waals surface area contributed by atoms with E-state index in [2.05, 4.69) is 10.3 Å². The summed E-state index contributed by atoms with van der Waals surface area (Å²) in [6.07, 6.45) is 0.372. The summed E-state index contributed by atoms with van der Waals surface area (Å²) in [5.74, 6) is -1.28. The van der Waals surface area contributed by atoms with E-state index in [4.69, 9.17) is 16.3 Å². The molecule has 1 atom stereocenters. The molecule has 1 aliphatic heterocycles. The summed E-state index contributed by atoms with van der Waals surface area (Å²) in [7, 11) is -3.08. The van der Waals surface area contributed by atoms with Crippen LogP contribution < -0.4 is 5.32 Å². The van der Waals surface area contributed by atoms with Gasteiger partial charge in [0, 0.05) is 22.0 Å². The third-order valence-corrected chi connectivity index (χ3v) is 6.61. The van der Waals surface area contributed by atoms with Crippen LogP contribution in [0.1, 0.15) is 16.9 Å². The van der Waals surface area contributed by atoms with Crippen LogP contribution in [0.4, 0.5) is 0 Å². The first-order valence-electron chi connectivity index (χ1n) is 7.71. The first-order chi connectivity index (χ1) is 12.3. The lowest BCUT2D eigenvalue weighted by Crippen LogP contribution is -2.38. The average molecular weight is 415 g/mol. The van der Waals surface area contributed by atoms with E-state index >= 15 is 0 Å². The van der Waals surface area contributed by atoms with Crippen molar-refractivity contribution in [1.29, 1.82) is 0 Å². The van der Waals surface area contributed by atoms with Crippen molar-refractivity contribution in [3.05, 3.63) is 40.4 Å². The fraction of sp³-hybridized carbons (Fsp3) is 0.312. The molecule has 138 valence electrons. The lowest BCUT2D eigenvalue weighted by molar-refractivity contribution is -0.124. The number of amides is 1. The maximum Gasteiger partial charge on any atom is 0.358 e. The zero-order valence-corrected chi connectivity index (χ0v) is 15.9. The third kappa shape index (κ3) is 4.80. The van der Waals surface area contributed by atoms with Crippen LogP contribution in [0.5, 0.6) is 0 Å². The predicted octanol–water partition coefficient (Wildman–Crippen LogP) is 1.92. The van der Waals surface area contributed by atoms with E-state index in [9.17, 15) is 18.0 Å². The standard InChI is InChI=1S/C16H15ClN2O5S2/c17-11-3-1-2-10(6-11)15-19-13(8-25-15)16(21)24-7-14(20)18-12-4-5-26(22,23)9-12/h1-3,6,8,12H,4-5,7,9H2,(H,18,20)/t12-/m1/s1. The number of hydrogen-bond donors (Lipinski definition) is 1. The van der Waals surface area contributed by atoms with Gasteiger partial charge in [-0.25, -0.2) is 18.2 Å². The van der Waals surface area contributed by atoms with Crippen LogP contribution in [-0.4, -0.2) is 49.4 Å². The smallest absolute Gasteiger partial charge is 0.358 e. The first kappa shape index (κ1) is 18.8. The van der Waals surface area contributed by atoms with Crippen molar-refractivity contribution in [1.82, 2.24) is 10.3 Å². The van der Waals surface area contributed by atoms with E-state index in [0.29, 0.717) is 16.5 Å². The van der Waals surface area contributed by atoms with Gasteiger partial charge in [-0.05, 0) is 18.6 Å². The van der Waals surface area contributed by atoms with Crippen LogP contribution >= 0.6 is 22.9 Å². The number of ether oxygens (including phenoxy) is 1. The number of benzene rings is 1. The van der Waals surface area contributed by atoms with E-state index < -0.39 is 34.4 Å². The van der Waals surface area contributed by atoms with E-state index in [1.807, 2.05) is 6.07 Å². The van der Waals surface area contributed by atoms with E-state index in [0.717, 1.165) is 5.56 Å². The molecule has 1 N–H and O–H groups in total. The van der Waals surface area contributed by atoms with Crippen molar-refractivity contribution >= 4 is 44.7 Å². The number of thiazole rings is 1. The van der Waals surface area contributed by atoms with Gasteiger partial charge in [-0.3, -0.25) is 4.79 Å². The van der Waals surface area contributed by atoms with E-state index in [1.54, 1.807) is 23.6 Å². The average Bonchev–Trinajstić information content (AvgIpc) is 3.19. The van der Waals surface area contributed by atoms with Crippen molar-refractivity contribution in [2.75, 3.05) is 18.1 Å². The molecule has 1 aromatic carbocycles. The highest BCUT2D eigenvalue weighted by Crippen LogP contribution is 2.26. The Morgan fingerprint density at radius 1 is 1.38 bits per heavy atom. The summed E-state index contributed by atoms with van der Waals surface area (Å²) in [5, 5.41) is 5.27. The Morgan fingerprint density at radius 2 is 2.19 bits per heavy atom. The van der Waals surface area contributed by atoms with Gasteiger partial charge in [0.05, 0.1) is 11.5 Å². The van der Waals surface area contributed by atoms with Crippen LogP contribution in [-0.2, 0) is 19.4 Å². The molecule has 0 aliphatic carbocycles. The van der Waals surface area contributed by atoms with Gasteiger partial charge in [-0.15, -0.1) is 11.3 Å². The number of nitrogens with one attached hydrogen (secondary N) is 1. The Labute approximate surface area is 159 Å². The molecule has 0 saturated carbocycles. The monoisotopic (exact) mass is 414 g/mol. The van der Waals surface area contributed by atoms with Crippen LogP contribution in [0, 0.1) is 0 Å². The van der Waals surface area contributed by atoms with Gasteiger partial charge >= 0.3 is 5.97 Å². The van der Waals surface area contributed by atoms with Gasteiger partial charge < -0.3 is 10.1 Å². The van der Waals surface area contributed by atoms with Crippen molar-refractivity contribution in [2.45, 2.75) is 12.5 Å². The predicted molar refractivity (Wildman–Crippen MR) is 98.0 cm³/mol. The Balaban J connectivity index is 1.53. The maximum atomic E-state index is 12.0. The molecule has 2 heterocycles. The second-order valence-corrected chi connectivity index (χ2v) is 9.32. The number of nitrogens with zero attached hydrogens (tertiary/aromatic N) is 1. The SMILES string of the molecule is O=C(COC(=O)c1csc(-c2cccc(Cl)c2)n1)N[C@@H]1CCS(=O)(=O)C1. The second-order valence-electron chi connectivity index (χ2n) is 5.79. The topological polar surface area (TPSA) is 102 Å². The number of rotatable bonds is 5. The highest BCUT2D eigenvalue weighted by Gasteiger charge is 2.29. The fourth-order valence-electron chi connectivity index (χ4n) is 2.50. The Kier molecular flexibility index (Phi) is 5.59. The van der Waals surface area contributed by atoms with Crippen molar-refractivity contribution < 1.29 is 22.7 Å². The van der Waals surface area contributed by atoms with Crippen LogP contribution in [0.2, 0.25) is 5.02 Å². The molecule has 26 heavy (non-hydrogen) atoms. The summed E-state index contributed by atoms with van der Waals surface area (Å²) in [6.45, 7) is -0.487. The van der Waals surface area contributed by atoms with E-state index in [1.165, 1.54) is 11.3 Å². The minimum atomic E-state index is -3.08. The van der Waals surface area contributed by atoms with Crippen LogP contribution in [0.25, 0.3) is 10.6 Å². The summed E-state index contributed by atoms with van der Waals surface area (Å²) in [4.78, 5) is 28.0. The minimum Gasteiger partial charge on any atom is -0.451 e. The van der Waals surface area contributed by atoms with Crippen molar-refractivity contribution in [3.63, 3.8) is 0 Å². The molecule has 1 aliphatic rings. The maximum absolute atomic E-state index is 12.0. The molecular weight excluding hydrogens is 400 g/mol. The van der Waals surface area contributed by atoms with Crippen LogP contribution in [0.3, 0.4) is 0 Å². The first-order valence-corrected chi connectivity index (χ1v) is 10.8. The summed E-state index contributed by atoms with van der Waals surface area (Å²) >= 11 is 7.20. The quantitative estimate of drug-likeness (QED) is 0.750. The van der Waals surface area contributed by atoms with Gasteiger partial charge in [0.2, 0.25) is 0 Å². The zero-order chi connectivity index (χ0) is 18.7. The number of halogens is 1. The molecule has 1 fully saturated rings. The van der Waals surface area contributed by atoms with Crippen molar-refractivity contribution in [2.24, 2.45) is 0 Å². The molecule has 1 aromatic heterocycles. The third-order valence-electron chi connectivity index (χ3n) is 3.72. The molecule has 0 spiro atoms. The zero-order valence-electron chi connectivity index (χ0n) is 13.5. The number of esters is 1. The van der Waals surface area contributed by atoms with Crippen LogP contribution in [0.15, 0.2) is 29.6 Å². The summed E-state index contributed by atoms with van der Waals surface area (Å²) in [6, 6.07) is 6.65. The van der Waals surface area contributed by atoms with Gasteiger partial charge in [0.1, 0.15) is 5.01 Å². The Bertz CT molecular complexity index is 942. The molecule has 0 unspecified atom stereocenters. The molecular formula is C16H15ClN2O5S2. The number of hydrogen-bond acceptors (Lipinski definition) is 7. The molecule has 7 nitrogen and oxygen atoms in total. The Morgan fingerprint density at radius 3 is 2.88 bits per heavy atom. The van der Waals surface area contributed by atoms with Gasteiger partial charge in [0.15, 0.2) is 22.1 Å². The molecule has 2 aromatic rings. The normalized spacial score (nSPS) is 18.4.